The molecule has 15 heteroatoms. The zero-order valence-electron chi connectivity index (χ0n) is 71.3. The fraction of sp³-hybridized carbons (Fsp3) is 0.394. The summed E-state index contributed by atoms with van der Waals surface area (Å²) < 4.78 is 48.9. The second-order valence-corrected chi connectivity index (χ2v) is 37.2. The van der Waals surface area contributed by atoms with E-state index < -0.39 is 0 Å². The minimum absolute atomic E-state index is 0.272. The van der Waals surface area contributed by atoms with Crippen LogP contribution < -0.4 is 28.4 Å². The van der Waals surface area contributed by atoms with E-state index in [2.05, 4.69) is 265 Å². The number of nitrogens with zero attached hydrogens (tertiary/aromatic N) is 9. The van der Waals surface area contributed by atoms with Crippen molar-refractivity contribution in [1.29, 1.82) is 0 Å². The molecule has 1 aliphatic rings. The Hall–Kier alpha value is -10.8. The molecule has 0 unspecified atom stereocenters. The lowest BCUT2D eigenvalue weighted by atomic mass is 9.79. The number of rotatable bonds is 18. The first-order valence-electron chi connectivity index (χ1n) is 40.4. The topological polar surface area (TPSA) is 148 Å². The lowest BCUT2D eigenvalue weighted by Gasteiger charge is -2.29. The molecular formula is C99H117N9O6. The number of ether oxygens (including phenoxy) is 6. The van der Waals surface area contributed by atoms with Crippen LogP contribution in [0.3, 0.4) is 0 Å². The molecule has 594 valence electrons. The maximum absolute atomic E-state index is 7.50. The molecule has 0 N–H and O–H groups in total. The van der Waals surface area contributed by atoms with Gasteiger partial charge in [-0.3, -0.25) is 0 Å². The number of hydrogen-bond acceptors (Lipinski definition) is 12. The average molecular weight is 1530 g/mol. The Bertz CT molecular complexity index is 4700. The van der Waals surface area contributed by atoms with Crippen molar-refractivity contribution in [2.45, 2.75) is 215 Å². The summed E-state index contributed by atoms with van der Waals surface area (Å²) >= 11 is 0. The summed E-state index contributed by atoms with van der Waals surface area (Å²) in [5.41, 5.74) is 23.4. The highest BCUT2D eigenvalue weighted by Gasteiger charge is 2.32. The molecule has 15 nitrogen and oxygen atoms in total. The summed E-state index contributed by atoms with van der Waals surface area (Å²) in [4.78, 5) is 0. The van der Waals surface area contributed by atoms with Gasteiger partial charge in [-0.05, 0) is 133 Å². The Kier molecular flexibility index (Phi) is 23.5. The Morgan fingerprint density at radius 1 is 0.254 bits per heavy atom. The first kappa shape index (κ1) is 81.2. The van der Waals surface area contributed by atoms with Gasteiger partial charge in [-0.1, -0.05) is 304 Å². The highest BCUT2D eigenvalue weighted by Crippen LogP contribution is 2.47. The Morgan fingerprint density at radius 3 is 0.596 bits per heavy atom. The summed E-state index contributed by atoms with van der Waals surface area (Å²) in [7, 11) is 5.48. The minimum atomic E-state index is -0.280. The van der Waals surface area contributed by atoms with Gasteiger partial charge in [-0.15, -0.1) is 15.3 Å². The van der Waals surface area contributed by atoms with Gasteiger partial charge in [-0.25, -0.2) is 14.0 Å². The van der Waals surface area contributed by atoms with Gasteiger partial charge in [0, 0.05) is 55.2 Å². The van der Waals surface area contributed by atoms with Gasteiger partial charge in [0.2, 0.25) is 0 Å². The van der Waals surface area contributed by atoms with Gasteiger partial charge in [-0.2, -0.15) is 0 Å². The average Bonchev–Trinajstić information content (AvgIpc) is 0.847. The molecule has 13 rings (SSSR count). The van der Waals surface area contributed by atoms with Crippen LogP contribution >= 0.6 is 0 Å². The van der Waals surface area contributed by atoms with E-state index in [0.717, 1.165) is 135 Å². The maximum atomic E-state index is 7.50. The molecule has 0 amide bonds. The van der Waals surface area contributed by atoms with Gasteiger partial charge < -0.3 is 28.4 Å². The molecule has 0 spiro atoms. The molecule has 0 fully saturated rings. The Morgan fingerprint density at radius 2 is 0.430 bits per heavy atom. The first-order chi connectivity index (χ1) is 54.1. The Labute approximate surface area is 676 Å². The molecule has 12 bridgehead atoms. The van der Waals surface area contributed by atoms with E-state index in [1.807, 2.05) is 109 Å². The summed E-state index contributed by atoms with van der Waals surface area (Å²) in [5, 5.41) is 27.9. The second kappa shape index (κ2) is 33.0. The number of benzene rings is 9. The van der Waals surface area contributed by atoms with E-state index in [9.17, 15) is 0 Å². The van der Waals surface area contributed by atoms with Crippen LogP contribution in [0, 0.1) is 0 Å². The zero-order chi connectivity index (χ0) is 81.2. The van der Waals surface area contributed by atoms with Crippen molar-refractivity contribution in [2.75, 3.05) is 41.2 Å². The predicted molar refractivity (Wildman–Crippen MR) is 460 cm³/mol. The maximum Gasteiger partial charge on any atom is 0.126 e. The number of fused-ring (bicyclic) bond motifs is 12. The van der Waals surface area contributed by atoms with Gasteiger partial charge in [0.25, 0.3) is 0 Å². The molecule has 0 aliphatic heterocycles. The first-order valence-corrected chi connectivity index (χ1v) is 40.4. The van der Waals surface area contributed by atoms with Crippen LogP contribution in [0.25, 0.3) is 33.8 Å². The standard InChI is InChI=1S/C99H117N9O6/c1-94(2,3)79-49-67-43-73-55-82(97(10,11)12)57-75(91(73)112-40-37-106-61-85(100-103-106)64-31-25-22-26-32-64)45-69-51-80(95(4,5)6)53-71(89(69)110-20)47-77-59-84(99(16,17)18)60-78(93(77)114-42-39-108-63-87(102-105-108)66-35-29-24-30-36-66)48-72-54-81(96(7,8)9)52-70(90(72)111-21)46-76-58-83(98(13,14)15)56-74(44-68(50-79)88(67)109-19)92(76)113-41-38-107-62-86(101-104-107)65-33-27-23-28-34-65/h22-36,49-63H,37-48H2,1-21H3. The summed E-state index contributed by atoms with van der Waals surface area (Å²) in [6, 6.07) is 59.1. The molecule has 0 atom stereocenters. The predicted octanol–water partition coefficient (Wildman–Crippen LogP) is 21.4. The third-order valence-electron chi connectivity index (χ3n) is 22.1. The molecule has 0 saturated carbocycles. The summed E-state index contributed by atoms with van der Waals surface area (Å²) in [6.07, 6.45) is 8.96. The molecule has 0 saturated heterocycles. The van der Waals surface area contributed by atoms with E-state index in [0.29, 0.717) is 78.0 Å². The number of methoxy groups -OCH3 is 3. The normalized spacial score (nSPS) is 13.1. The molecule has 3 aromatic heterocycles. The van der Waals surface area contributed by atoms with Gasteiger partial charge in [0.15, 0.2) is 0 Å². The molecule has 9 aromatic carbocycles. The van der Waals surface area contributed by atoms with Gasteiger partial charge in [0.05, 0.1) is 59.6 Å². The SMILES string of the molecule is COc1c2cc(C(C)(C)C)cc1Cc1cc(C(C)(C)C)cc(c1OCCn1cc(-c3ccccc3)nn1)Cc1cc(C(C)(C)C)cc(c1OC)Cc1cc(C(C)(C)C)cc(c1OCCn1cc(-c3ccccc3)nn1)Cc1cc(C(C)(C)C)cc(c1OC)Cc1cc(C(C)(C)C)cc(c1OCCn1cc(-c3ccccc3)nn1)C2. The molecule has 3 heterocycles. The van der Waals surface area contributed by atoms with Crippen LogP contribution in [-0.2, 0) is 90.6 Å². The summed E-state index contributed by atoms with van der Waals surface area (Å²) in [5.74, 6) is 4.89. The van der Waals surface area contributed by atoms with Gasteiger partial charge in [0.1, 0.15) is 71.4 Å². The van der Waals surface area contributed by atoms with Crippen molar-refractivity contribution in [3.8, 4) is 68.3 Å². The van der Waals surface area contributed by atoms with E-state index in [1.165, 1.54) is 33.4 Å². The highest BCUT2D eigenvalue weighted by molar-refractivity contribution is 5.64. The lowest BCUT2D eigenvalue weighted by Crippen LogP contribution is -2.18. The molecule has 12 aromatic rings. The Balaban J connectivity index is 1.07. The van der Waals surface area contributed by atoms with Crippen LogP contribution in [-0.4, -0.2) is 86.1 Å². The molecule has 0 radical (unpaired) electrons. The van der Waals surface area contributed by atoms with Crippen LogP contribution in [0.5, 0.6) is 34.5 Å². The van der Waals surface area contributed by atoms with E-state index in [1.54, 1.807) is 0 Å². The van der Waals surface area contributed by atoms with Crippen molar-refractivity contribution in [1.82, 2.24) is 45.0 Å². The molecule has 114 heavy (non-hydrogen) atoms. The summed E-state index contributed by atoms with van der Waals surface area (Å²) in [6.45, 7) is 43.8. The monoisotopic (exact) mass is 1530 g/mol. The largest absolute Gasteiger partial charge is 0.496 e. The van der Waals surface area contributed by atoms with E-state index in [4.69, 9.17) is 28.4 Å². The van der Waals surface area contributed by atoms with Crippen molar-refractivity contribution in [3.63, 3.8) is 0 Å². The van der Waals surface area contributed by atoms with Gasteiger partial charge >= 0.3 is 0 Å². The van der Waals surface area contributed by atoms with Crippen molar-refractivity contribution < 1.29 is 28.4 Å². The van der Waals surface area contributed by atoms with Crippen LogP contribution in [0.4, 0.5) is 0 Å². The third-order valence-corrected chi connectivity index (χ3v) is 22.1. The number of aromatic nitrogens is 9. The fourth-order valence-corrected chi connectivity index (χ4v) is 15.4. The van der Waals surface area contributed by atoms with E-state index >= 15 is 0 Å². The van der Waals surface area contributed by atoms with Crippen LogP contribution in [0.2, 0.25) is 0 Å². The lowest BCUT2D eigenvalue weighted by molar-refractivity contribution is 0.284. The second-order valence-electron chi connectivity index (χ2n) is 37.2. The zero-order valence-corrected chi connectivity index (χ0v) is 71.3. The molecule has 1 aliphatic carbocycles. The fourth-order valence-electron chi connectivity index (χ4n) is 15.4. The van der Waals surface area contributed by atoms with Crippen LogP contribution in [0.1, 0.15) is 225 Å². The smallest absolute Gasteiger partial charge is 0.126 e. The minimum Gasteiger partial charge on any atom is -0.496 e. The molecular weight excluding hydrogens is 1410 g/mol. The van der Waals surface area contributed by atoms with Crippen LogP contribution in [0.15, 0.2) is 182 Å². The van der Waals surface area contributed by atoms with Crippen molar-refractivity contribution in [3.05, 3.63) is 283 Å². The van der Waals surface area contributed by atoms with Crippen molar-refractivity contribution in [2.24, 2.45) is 0 Å². The van der Waals surface area contributed by atoms with E-state index in [-0.39, 0.29) is 32.5 Å². The van der Waals surface area contributed by atoms with Crippen molar-refractivity contribution >= 4 is 0 Å². The highest BCUT2D eigenvalue weighted by atomic mass is 16.5. The number of hydrogen-bond donors (Lipinski definition) is 0. The third kappa shape index (κ3) is 18.8. The quantitative estimate of drug-likeness (QED) is 0.0805.